The van der Waals surface area contributed by atoms with Crippen molar-refractivity contribution in [3.05, 3.63) is 37.0 Å². The molecule has 0 fully saturated rings. The van der Waals surface area contributed by atoms with E-state index in [1.54, 1.807) is 18.2 Å². The zero-order valence-electron chi connectivity index (χ0n) is 7.69. The van der Waals surface area contributed by atoms with Crippen molar-refractivity contribution in [2.75, 3.05) is 6.61 Å². The van der Waals surface area contributed by atoms with Gasteiger partial charge in [-0.25, -0.2) is 4.79 Å². The van der Waals surface area contributed by atoms with Gasteiger partial charge in [0.15, 0.2) is 0 Å². The first-order valence-corrected chi connectivity index (χ1v) is 3.90. The van der Waals surface area contributed by atoms with E-state index in [1.165, 1.54) is 6.92 Å². The van der Waals surface area contributed by atoms with Gasteiger partial charge in [0.2, 0.25) is 0 Å². The second-order valence-electron chi connectivity index (χ2n) is 2.47. The van der Waals surface area contributed by atoms with Crippen molar-refractivity contribution in [3.8, 4) is 0 Å². The number of hydrogen-bond acceptors (Lipinski definition) is 3. The molecule has 0 aliphatic heterocycles. The molecule has 0 aromatic heterocycles. The van der Waals surface area contributed by atoms with Gasteiger partial charge < -0.3 is 9.84 Å². The Hall–Kier alpha value is -1.35. The van der Waals surface area contributed by atoms with Crippen molar-refractivity contribution in [3.63, 3.8) is 0 Å². The summed E-state index contributed by atoms with van der Waals surface area (Å²) < 4.78 is 4.73. The van der Waals surface area contributed by atoms with Gasteiger partial charge in [-0.05, 0) is 12.5 Å². The molecule has 72 valence electrons. The summed E-state index contributed by atoms with van der Waals surface area (Å²) >= 11 is 0. The molecular formula is C10H14O3. The molecule has 3 heteroatoms. The highest BCUT2D eigenvalue weighted by atomic mass is 16.5. The molecule has 0 aromatic carbocycles. The molecule has 0 saturated carbocycles. The predicted molar refractivity (Wildman–Crippen MR) is 51.1 cm³/mol. The van der Waals surface area contributed by atoms with Crippen LogP contribution >= 0.6 is 0 Å². The van der Waals surface area contributed by atoms with E-state index in [-0.39, 0.29) is 6.61 Å². The van der Waals surface area contributed by atoms with Crippen LogP contribution in [0.2, 0.25) is 0 Å². The van der Waals surface area contributed by atoms with E-state index in [0.29, 0.717) is 0 Å². The Morgan fingerprint density at radius 2 is 2.23 bits per heavy atom. The Labute approximate surface area is 78.0 Å². The average Bonchev–Trinajstić information content (AvgIpc) is 2.11. The fraction of sp³-hybridized carbons (Fsp3) is 0.300. The van der Waals surface area contributed by atoms with E-state index in [2.05, 4.69) is 13.2 Å². The smallest absolute Gasteiger partial charge is 0.334 e. The van der Waals surface area contributed by atoms with Gasteiger partial charge in [-0.15, -0.1) is 0 Å². The third kappa shape index (κ3) is 4.98. The number of ether oxygens (including phenoxy) is 1. The maximum Gasteiger partial charge on any atom is 0.334 e. The van der Waals surface area contributed by atoms with Gasteiger partial charge in [0, 0.05) is 0 Å². The number of carbonyl (C=O) groups is 1. The number of esters is 1. The van der Waals surface area contributed by atoms with Crippen LogP contribution in [0.3, 0.4) is 0 Å². The highest BCUT2D eigenvalue weighted by molar-refractivity contribution is 5.74. The first-order chi connectivity index (χ1) is 6.11. The largest absolute Gasteiger partial charge is 0.459 e. The molecule has 0 spiro atoms. The SMILES string of the molecule is C=C/C=C(\C=C)COC(=O)[C@H](C)O. The number of carbonyl (C=O) groups excluding carboxylic acids is 1. The third-order valence-electron chi connectivity index (χ3n) is 1.32. The number of hydrogen-bond donors (Lipinski definition) is 1. The topological polar surface area (TPSA) is 46.5 Å². The lowest BCUT2D eigenvalue weighted by Crippen LogP contribution is -2.20. The summed E-state index contributed by atoms with van der Waals surface area (Å²) in [6.45, 7) is 8.49. The Morgan fingerprint density at radius 1 is 1.62 bits per heavy atom. The minimum absolute atomic E-state index is 0.110. The van der Waals surface area contributed by atoms with Crippen LogP contribution in [-0.4, -0.2) is 23.8 Å². The molecule has 0 amide bonds. The molecule has 0 radical (unpaired) electrons. The average molecular weight is 182 g/mol. The first kappa shape index (κ1) is 11.6. The van der Waals surface area contributed by atoms with Gasteiger partial charge in [0.05, 0.1) is 0 Å². The van der Waals surface area contributed by atoms with Gasteiger partial charge in [0.1, 0.15) is 12.7 Å². The Kier molecular flexibility index (Phi) is 5.55. The first-order valence-electron chi connectivity index (χ1n) is 3.90. The Morgan fingerprint density at radius 3 is 2.62 bits per heavy atom. The predicted octanol–water partition coefficient (Wildman–Crippen LogP) is 1.21. The van der Waals surface area contributed by atoms with Crippen LogP contribution in [0.15, 0.2) is 37.0 Å². The number of aliphatic hydroxyl groups excluding tert-OH is 1. The standard InChI is InChI=1S/C10H14O3/c1-4-6-9(5-2)7-13-10(12)8(3)11/h4-6,8,11H,1-2,7H2,3H3/b9-6+/t8-/m0/s1. The normalized spacial score (nSPS) is 13.2. The lowest BCUT2D eigenvalue weighted by molar-refractivity contribution is -0.151. The second kappa shape index (κ2) is 6.20. The van der Waals surface area contributed by atoms with Gasteiger partial charge in [0.25, 0.3) is 0 Å². The number of rotatable bonds is 5. The number of aliphatic hydroxyl groups is 1. The van der Waals surface area contributed by atoms with Crippen LogP contribution in [0.4, 0.5) is 0 Å². The van der Waals surface area contributed by atoms with Crippen molar-refractivity contribution >= 4 is 5.97 Å². The zero-order chi connectivity index (χ0) is 10.3. The summed E-state index contributed by atoms with van der Waals surface area (Å²) in [5.41, 5.74) is 0.740. The summed E-state index contributed by atoms with van der Waals surface area (Å²) in [7, 11) is 0. The lowest BCUT2D eigenvalue weighted by atomic mass is 10.2. The van der Waals surface area contributed by atoms with Crippen molar-refractivity contribution in [1.29, 1.82) is 0 Å². The molecule has 1 N–H and O–H groups in total. The fourth-order valence-corrected chi connectivity index (χ4v) is 0.602. The molecular weight excluding hydrogens is 168 g/mol. The molecule has 13 heavy (non-hydrogen) atoms. The van der Waals surface area contributed by atoms with Crippen LogP contribution in [0.5, 0.6) is 0 Å². The second-order valence-corrected chi connectivity index (χ2v) is 2.47. The van der Waals surface area contributed by atoms with Crippen molar-refractivity contribution in [2.45, 2.75) is 13.0 Å². The van der Waals surface area contributed by atoms with Gasteiger partial charge >= 0.3 is 5.97 Å². The van der Waals surface area contributed by atoms with Crippen LogP contribution < -0.4 is 0 Å². The summed E-state index contributed by atoms with van der Waals surface area (Å²) in [6, 6.07) is 0. The van der Waals surface area contributed by atoms with E-state index >= 15 is 0 Å². The molecule has 0 aromatic rings. The molecule has 0 bridgehead atoms. The van der Waals surface area contributed by atoms with Crippen molar-refractivity contribution in [1.82, 2.24) is 0 Å². The summed E-state index contributed by atoms with van der Waals surface area (Å²) in [5.74, 6) is -0.642. The molecule has 0 aliphatic rings. The van der Waals surface area contributed by atoms with Crippen LogP contribution in [0.1, 0.15) is 6.92 Å². The van der Waals surface area contributed by atoms with E-state index in [0.717, 1.165) is 5.57 Å². The van der Waals surface area contributed by atoms with Crippen molar-refractivity contribution in [2.24, 2.45) is 0 Å². The van der Waals surface area contributed by atoms with Crippen LogP contribution in [-0.2, 0) is 9.53 Å². The van der Waals surface area contributed by atoms with Gasteiger partial charge in [-0.3, -0.25) is 0 Å². The highest BCUT2D eigenvalue weighted by Crippen LogP contribution is 1.98. The minimum Gasteiger partial charge on any atom is -0.459 e. The fourth-order valence-electron chi connectivity index (χ4n) is 0.602. The number of allylic oxidation sites excluding steroid dienone is 2. The van der Waals surface area contributed by atoms with E-state index < -0.39 is 12.1 Å². The monoisotopic (exact) mass is 182 g/mol. The van der Waals surface area contributed by atoms with E-state index in [1.807, 2.05) is 0 Å². The van der Waals surface area contributed by atoms with Crippen molar-refractivity contribution < 1.29 is 14.6 Å². The summed E-state index contributed by atoms with van der Waals surface area (Å²) in [5, 5.41) is 8.80. The third-order valence-corrected chi connectivity index (χ3v) is 1.32. The molecule has 0 rings (SSSR count). The van der Waals surface area contributed by atoms with Crippen LogP contribution in [0.25, 0.3) is 0 Å². The molecule has 0 aliphatic carbocycles. The van der Waals surface area contributed by atoms with E-state index in [4.69, 9.17) is 9.84 Å². The molecule has 3 nitrogen and oxygen atoms in total. The molecule has 0 heterocycles. The highest BCUT2D eigenvalue weighted by Gasteiger charge is 2.09. The minimum atomic E-state index is -1.09. The Balaban J connectivity index is 3.99. The quantitative estimate of drug-likeness (QED) is 0.513. The Bertz CT molecular complexity index is 226. The van der Waals surface area contributed by atoms with Gasteiger partial charge in [-0.1, -0.05) is 31.4 Å². The molecule has 0 saturated heterocycles. The van der Waals surface area contributed by atoms with Crippen LogP contribution in [0, 0.1) is 0 Å². The maximum absolute atomic E-state index is 10.8. The summed E-state index contributed by atoms with van der Waals surface area (Å²) in [4.78, 5) is 10.8. The summed E-state index contributed by atoms with van der Waals surface area (Å²) in [6.07, 6.45) is 3.74. The zero-order valence-corrected chi connectivity index (χ0v) is 7.69. The van der Waals surface area contributed by atoms with E-state index in [9.17, 15) is 4.79 Å². The molecule has 0 unspecified atom stereocenters. The molecule has 1 atom stereocenters. The lowest BCUT2D eigenvalue weighted by Gasteiger charge is -2.06. The maximum atomic E-state index is 10.8. The van der Waals surface area contributed by atoms with Gasteiger partial charge in [-0.2, -0.15) is 0 Å².